The molecule has 0 fully saturated rings. The first kappa shape index (κ1) is 15.1. The molecule has 1 rings (SSSR count). The molecule has 1 aromatic carbocycles. The molecule has 0 saturated carbocycles. The third-order valence-corrected chi connectivity index (χ3v) is 3.32. The molecule has 0 aromatic heterocycles. The lowest BCUT2D eigenvalue weighted by Gasteiger charge is -2.18. The fourth-order valence-electron chi connectivity index (χ4n) is 1.62. The van der Waals surface area contributed by atoms with Crippen molar-refractivity contribution in [2.24, 2.45) is 5.41 Å². The van der Waals surface area contributed by atoms with Crippen LogP contribution < -0.4 is 4.74 Å². The van der Waals surface area contributed by atoms with Crippen LogP contribution in [0.1, 0.15) is 32.8 Å². The van der Waals surface area contributed by atoms with E-state index in [0.29, 0.717) is 0 Å². The first-order valence-electron chi connectivity index (χ1n) is 5.89. The highest BCUT2D eigenvalue weighted by Gasteiger charge is 2.12. The molecule has 1 aromatic rings. The zero-order chi connectivity index (χ0) is 12.9. The molecule has 0 unspecified atom stereocenters. The summed E-state index contributed by atoms with van der Waals surface area (Å²) >= 11 is 8.56. The first-order valence-corrected chi connectivity index (χ1v) is 7.80. The highest BCUT2D eigenvalue weighted by atomic mass is 127. The Morgan fingerprint density at radius 3 is 2.53 bits per heavy atom. The second kappa shape index (κ2) is 6.83. The second-order valence-electron chi connectivity index (χ2n) is 5.39. The molecule has 0 bridgehead atoms. The Hall–Kier alpha value is 0.0400. The molecule has 0 atom stereocenters. The third-order valence-electron chi connectivity index (χ3n) is 2.27. The summed E-state index contributed by atoms with van der Waals surface area (Å²) in [5.74, 6) is 0.800. The minimum Gasteiger partial charge on any atom is -0.492 e. The predicted molar refractivity (Wildman–Crippen MR) is 83.6 cm³/mol. The third kappa shape index (κ3) is 5.96. The zero-order valence-electron chi connectivity index (χ0n) is 10.7. The number of benzene rings is 1. The fraction of sp³-hybridized carbons (Fsp3) is 0.571. The summed E-state index contributed by atoms with van der Waals surface area (Å²) < 4.78 is 6.73. The molecule has 0 radical (unpaired) electrons. The van der Waals surface area contributed by atoms with Gasteiger partial charge in [-0.1, -0.05) is 61.0 Å². The molecular weight excluding hydrogens is 347 g/mol. The van der Waals surface area contributed by atoms with E-state index in [9.17, 15) is 0 Å². The maximum atomic E-state index is 6.21. The Labute approximate surface area is 123 Å². The normalized spacial score (nSPS) is 11.6. The second-order valence-corrected chi connectivity index (χ2v) is 6.88. The van der Waals surface area contributed by atoms with Gasteiger partial charge in [-0.25, -0.2) is 0 Å². The van der Waals surface area contributed by atoms with Gasteiger partial charge in [0.25, 0.3) is 0 Å². The van der Waals surface area contributed by atoms with Crippen LogP contribution in [0.4, 0.5) is 0 Å². The van der Waals surface area contributed by atoms with Gasteiger partial charge in [-0.15, -0.1) is 0 Å². The quantitative estimate of drug-likeness (QED) is 0.399. The number of ether oxygens (including phenoxy) is 1. The van der Waals surface area contributed by atoms with Crippen molar-refractivity contribution in [2.45, 2.75) is 33.6 Å². The SMILES string of the molecule is CC(C)(C)Cc1ccc(OCCCI)c(Cl)c1. The van der Waals surface area contributed by atoms with Gasteiger partial charge in [0.15, 0.2) is 0 Å². The molecule has 96 valence electrons. The lowest BCUT2D eigenvalue weighted by Crippen LogP contribution is -2.09. The average molecular weight is 367 g/mol. The van der Waals surface area contributed by atoms with Crippen molar-refractivity contribution < 1.29 is 4.74 Å². The van der Waals surface area contributed by atoms with E-state index < -0.39 is 0 Å². The van der Waals surface area contributed by atoms with Crippen molar-refractivity contribution in [3.63, 3.8) is 0 Å². The van der Waals surface area contributed by atoms with Crippen LogP contribution >= 0.6 is 34.2 Å². The van der Waals surface area contributed by atoms with Gasteiger partial charge in [-0.2, -0.15) is 0 Å². The molecule has 3 heteroatoms. The Balaban J connectivity index is 2.66. The van der Waals surface area contributed by atoms with Crippen LogP contribution in [0.25, 0.3) is 0 Å². The van der Waals surface area contributed by atoms with E-state index in [2.05, 4.69) is 49.4 Å². The van der Waals surface area contributed by atoms with Crippen LogP contribution in [0.3, 0.4) is 0 Å². The molecule has 17 heavy (non-hydrogen) atoms. The molecule has 0 aliphatic rings. The van der Waals surface area contributed by atoms with E-state index >= 15 is 0 Å². The number of hydrogen-bond donors (Lipinski definition) is 0. The van der Waals surface area contributed by atoms with Crippen LogP contribution in [0, 0.1) is 5.41 Å². The maximum Gasteiger partial charge on any atom is 0.137 e. The molecule has 0 amide bonds. The number of rotatable bonds is 5. The molecule has 0 saturated heterocycles. The van der Waals surface area contributed by atoms with Gasteiger partial charge in [0, 0.05) is 4.43 Å². The van der Waals surface area contributed by atoms with Gasteiger partial charge in [-0.3, -0.25) is 0 Å². The van der Waals surface area contributed by atoms with Crippen LogP contribution in [0.2, 0.25) is 5.02 Å². The van der Waals surface area contributed by atoms with Crippen molar-refractivity contribution in [3.05, 3.63) is 28.8 Å². The monoisotopic (exact) mass is 366 g/mol. The van der Waals surface area contributed by atoms with Gasteiger partial charge in [-0.05, 0) is 36.0 Å². The fourth-order valence-corrected chi connectivity index (χ4v) is 2.19. The minimum atomic E-state index is 0.285. The van der Waals surface area contributed by atoms with Crippen LogP contribution in [0.5, 0.6) is 5.75 Å². The summed E-state index contributed by atoms with van der Waals surface area (Å²) in [7, 11) is 0. The highest BCUT2D eigenvalue weighted by Crippen LogP contribution is 2.29. The van der Waals surface area contributed by atoms with Crippen LogP contribution in [0.15, 0.2) is 18.2 Å². The molecule has 0 aliphatic heterocycles. The van der Waals surface area contributed by atoms with E-state index in [4.69, 9.17) is 16.3 Å². The van der Waals surface area contributed by atoms with Gasteiger partial charge in [0.05, 0.1) is 11.6 Å². The first-order chi connectivity index (χ1) is 7.92. The summed E-state index contributed by atoms with van der Waals surface area (Å²) in [6, 6.07) is 6.11. The smallest absolute Gasteiger partial charge is 0.137 e. The lowest BCUT2D eigenvalue weighted by molar-refractivity contribution is 0.319. The Bertz CT molecular complexity index is 358. The Kier molecular flexibility index (Phi) is 6.07. The zero-order valence-corrected chi connectivity index (χ0v) is 13.6. The van der Waals surface area contributed by atoms with E-state index in [1.807, 2.05) is 12.1 Å². The van der Waals surface area contributed by atoms with Crippen LogP contribution in [-0.2, 0) is 6.42 Å². The van der Waals surface area contributed by atoms with Crippen molar-refractivity contribution in [3.8, 4) is 5.75 Å². The summed E-state index contributed by atoms with van der Waals surface area (Å²) in [6.45, 7) is 7.42. The molecule has 1 nitrogen and oxygen atoms in total. The Morgan fingerprint density at radius 1 is 1.29 bits per heavy atom. The van der Waals surface area contributed by atoms with Gasteiger partial charge in [0.2, 0.25) is 0 Å². The molecule has 0 N–H and O–H groups in total. The van der Waals surface area contributed by atoms with Crippen molar-refractivity contribution >= 4 is 34.2 Å². The van der Waals surface area contributed by atoms with E-state index in [1.165, 1.54) is 5.56 Å². The van der Waals surface area contributed by atoms with Gasteiger partial charge >= 0.3 is 0 Å². The minimum absolute atomic E-state index is 0.285. The average Bonchev–Trinajstić information content (AvgIpc) is 2.19. The summed E-state index contributed by atoms with van der Waals surface area (Å²) in [4.78, 5) is 0. The maximum absolute atomic E-state index is 6.21. The van der Waals surface area contributed by atoms with Gasteiger partial charge < -0.3 is 4.74 Å². The molecule has 0 aliphatic carbocycles. The topological polar surface area (TPSA) is 9.23 Å². The predicted octanol–water partition coefficient (Wildman–Crippen LogP) is 5.13. The number of alkyl halides is 1. The molecule has 0 spiro atoms. The number of halogens is 2. The molecule has 0 heterocycles. The summed E-state index contributed by atoms with van der Waals surface area (Å²) in [5, 5.41) is 0.722. The highest BCUT2D eigenvalue weighted by molar-refractivity contribution is 14.1. The van der Waals surface area contributed by atoms with E-state index in [1.54, 1.807) is 0 Å². The largest absolute Gasteiger partial charge is 0.492 e. The van der Waals surface area contributed by atoms with Gasteiger partial charge in [0.1, 0.15) is 5.75 Å². The van der Waals surface area contributed by atoms with Crippen LogP contribution in [-0.4, -0.2) is 11.0 Å². The Morgan fingerprint density at radius 2 is 2.00 bits per heavy atom. The number of hydrogen-bond acceptors (Lipinski definition) is 1. The van der Waals surface area contributed by atoms with E-state index in [-0.39, 0.29) is 5.41 Å². The molecular formula is C14H20ClIO. The van der Waals surface area contributed by atoms with Crippen molar-refractivity contribution in [1.82, 2.24) is 0 Å². The summed E-state index contributed by atoms with van der Waals surface area (Å²) in [5.41, 5.74) is 1.55. The lowest BCUT2D eigenvalue weighted by atomic mass is 9.88. The van der Waals surface area contributed by atoms with Crippen molar-refractivity contribution in [1.29, 1.82) is 0 Å². The standard InChI is InChI=1S/C14H20ClIO/c1-14(2,3)10-11-5-6-13(12(15)9-11)17-8-4-7-16/h5-6,9H,4,7-8,10H2,1-3H3. The van der Waals surface area contributed by atoms with Crippen molar-refractivity contribution in [2.75, 3.05) is 11.0 Å². The van der Waals surface area contributed by atoms with E-state index in [0.717, 1.165) is 34.6 Å². The summed E-state index contributed by atoms with van der Waals surface area (Å²) in [6.07, 6.45) is 2.08.